The Kier molecular flexibility index (Phi) is 2.93. The molecule has 3 heteroatoms. The van der Waals surface area contributed by atoms with Gasteiger partial charge in [-0.05, 0) is 32.4 Å². The normalized spacial score (nSPS) is 10.5. The van der Waals surface area contributed by atoms with Gasteiger partial charge in [-0.1, -0.05) is 11.6 Å². The first-order valence-corrected chi connectivity index (χ1v) is 4.80. The summed E-state index contributed by atoms with van der Waals surface area (Å²) in [5.74, 6) is 0. The lowest BCUT2D eigenvalue weighted by molar-refractivity contribution is 0.980. The van der Waals surface area contributed by atoms with Crippen molar-refractivity contribution in [1.82, 2.24) is 0 Å². The smallest absolute Gasteiger partial charge is 0.0574 e. The number of hydrogen-bond acceptors (Lipinski definition) is 2. The van der Waals surface area contributed by atoms with Crippen LogP contribution in [0.2, 0.25) is 5.02 Å². The lowest BCUT2D eigenvalue weighted by atomic mass is 10.2. The predicted octanol–water partition coefficient (Wildman–Crippen LogP) is 2.52. The molecule has 0 radical (unpaired) electrons. The fourth-order valence-electron chi connectivity index (χ4n) is 1.06. The number of halogens is 1. The van der Waals surface area contributed by atoms with Crippen LogP contribution in [-0.4, -0.2) is 6.54 Å². The zero-order chi connectivity index (χ0) is 8.43. The van der Waals surface area contributed by atoms with Crippen molar-refractivity contribution in [2.45, 2.75) is 20.3 Å². The first-order valence-electron chi connectivity index (χ1n) is 3.61. The molecule has 0 aliphatic rings. The van der Waals surface area contributed by atoms with Crippen LogP contribution < -0.4 is 5.73 Å². The summed E-state index contributed by atoms with van der Waals surface area (Å²) in [6.07, 6.45) is 0.948. The van der Waals surface area contributed by atoms with E-state index in [2.05, 4.69) is 6.92 Å². The molecule has 0 atom stereocenters. The van der Waals surface area contributed by atoms with Crippen LogP contribution in [0.4, 0.5) is 0 Å². The summed E-state index contributed by atoms with van der Waals surface area (Å²) in [7, 11) is 0. The minimum atomic E-state index is 0.705. The Balaban J connectivity index is 2.98. The zero-order valence-corrected chi connectivity index (χ0v) is 8.35. The van der Waals surface area contributed by atoms with Crippen molar-refractivity contribution in [2.24, 2.45) is 5.73 Å². The Morgan fingerprint density at radius 1 is 1.45 bits per heavy atom. The SMILES string of the molecule is Cc1sc(CCN)c(C)c1Cl. The van der Waals surface area contributed by atoms with E-state index in [-0.39, 0.29) is 0 Å². The lowest BCUT2D eigenvalue weighted by Gasteiger charge is -1.93. The van der Waals surface area contributed by atoms with Gasteiger partial charge in [0.25, 0.3) is 0 Å². The molecule has 0 aromatic carbocycles. The van der Waals surface area contributed by atoms with Crippen molar-refractivity contribution in [2.75, 3.05) is 6.54 Å². The average Bonchev–Trinajstić information content (AvgIpc) is 2.19. The number of nitrogens with two attached hydrogens (primary N) is 1. The molecule has 1 heterocycles. The Morgan fingerprint density at radius 2 is 2.09 bits per heavy atom. The van der Waals surface area contributed by atoms with Crippen LogP contribution in [-0.2, 0) is 6.42 Å². The highest BCUT2D eigenvalue weighted by molar-refractivity contribution is 7.12. The van der Waals surface area contributed by atoms with E-state index in [0.717, 1.165) is 11.4 Å². The third kappa shape index (κ3) is 1.75. The number of aryl methyl sites for hydroxylation is 1. The molecule has 0 aliphatic carbocycles. The molecule has 1 aromatic rings. The van der Waals surface area contributed by atoms with Gasteiger partial charge in [0, 0.05) is 9.75 Å². The van der Waals surface area contributed by atoms with Gasteiger partial charge in [-0.25, -0.2) is 0 Å². The lowest BCUT2D eigenvalue weighted by Crippen LogP contribution is -2.01. The minimum Gasteiger partial charge on any atom is -0.330 e. The van der Waals surface area contributed by atoms with Crippen LogP contribution >= 0.6 is 22.9 Å². The van der Waals surface area contributed by atoms with E-state index >= 15 is 0 Å². The van der Waals surface area contributed by atoms with Gasteiger partial charge in [-0.2, -0.15) is 0 Å². The molecule has 0 saturated carbocycles. The molecule has 11 heavy (non-hydrogen) atoms. The third-order valence-corrected chi connectivity index (χ3v) is 3.65. The Morgan fingerprint density at radius 3 is 2.45 bits per heavy atom. The van der Waals surface area contributed by atoms with Gasteiger partial charge in [0.05, 0.1) is 5.02 Å². The second-order valence-electron chi connectivity index (χ2n) is 2.56. The molecule has 0 aliphatic heterocycles. The summed E-state index contributed by atoms with van der Waals surface area (Å²) in [6.45, 7) is 4.80. The summed E-state index contributed by atoms with van der Waals surface area (Å²) in [5, 5.41) is 0.915. The fourth-order valence-corrected chi connectivity index (χ4v) is 2.44. The predicted molar refractivity (Wildman–Crippen MR) is 51.6 cm³/mol. The van der Waals surface area contributed by atoms with Crippen LogP contribution in [0.25, 0.3) is 0 Å². The summed E-state index contributed by atoms with van der Waals surface area (Å²) in [4.78, 5) is 2.53. The first-order chi connectivity index (χ1) is 5.16. The van der Waals surface area contributed by atoms with E-state index in [9.17, 15) is 0 Å². The summed E-state index contributed by atoms with van der Waals surface area (Å²) in [5.41, 5.74) is 6.66. The number of hydrogen-bond donors (Lipinski definition) is 1. The maximum atomic E-state index is 6.00. The van der Waals surface area contributed by atoms with E-state index in [0.29, 0.717) is 6.54 Å². The fraction of sp³-hybridized carbons (Fsp3) is 0.500. The van der Waals surface area contributed by atoms with Crippen LogP contribution in [0.15, 0.2) is 0 Å². The molecule has 0 spiro atoms. The van der Waals surface area contributed by atoms with Crippen LogP contribution in [0.3, 0.4) is 0 Å². The largest absolute Gasteiger partial charge is 0.330 e. The van der Waals surface area contributed by atoms with Gasteiger partial charge in [0.2, 0.25) is 0 Å². The summed E-state index contributed by atoms with van der Waals surface area (Å²) < 4.78 is 0. The summed E-state index contributed by atoms with van der Waals surface area (Å²) in [6, 6.07) is 0. The van der Waals surface area contributed by atoms with Gasteiger partial charge in [-0.15, -0.1) is 11.3 Å². The van der Waals surface area contributed by atoms with Crippen molar-refractivity contribution < 1.29 is 0 Å². The average molecular weight is 190 g/mol. The van der Waals surface area contributed by atoms with Gasteiger partial charge in [0.1, 0.15) is 0 Å². The second kappa shape index (κ2) is 3.57. The maximum Gasteiger partial charge on any atom is 0.0574 e. The molecule has 1 aromatic heterocycles. The topological polar surface area (TPSA) is 26.0 Å². The van der Waals surface area contributed by atoms with Crippen LogP contribution in [0, 0.1) is 13.8 Å². The molecule has 1 rings (SSSR count). The Bertz CT molecular complexity index is 255. The van der Waals surface area contributed by atoms with Gasteiger partial charge in [-0.3, -0.25) is 0 Å². The third-order valence-electron chi connectivity index (χ3n) is 1.70. The molecule has 0 fully saturated rings. The number of rotatable bonds is 2. The molecule has 0 saturated heterocycles. The zero-order valence-electron chi connectivity index (χ0n) is 6.78. The molecular formula is C8H12ClNS. The van der Waals surface area contributed by atoms with Gasteiger partial charge in [0.15, 0.2) is 0 Å². The highest BCUT2D eigenvalue weighted by atomic mass is 35.5. The highest BCUT2D eigenvalue weighted by Gasteiger charge is 2.08. The van der Waals surface area contributed by atoms with E-state index in [1.807, 2.05) is 6.92 Å². The molecule has 0 unspecified atom stereocenters. The van der Waals surface area contributed by atoms with E-state index < -0.39 is 0 Å². The quantitative estimate of drug-likeness (QED) is 0.761. The number of thiophene rings is 1. The molecule has 62 valence electrons. The minimum absolute atomic E-state index is 0.705. The van der Waals surface area contributed by atoms with E-state index in [4.69, 9.17) is 17.3 Å². The molecular weight excluding hydrogens is 178 g/mol. The van der Waals surface area contributed by atoms with Crippen LogP contribution in [0.5, 0.6) is 0 Å². The standard InChI is InChI=1S/C8H12ClNS/c1-5-7(3-4-10)11-6(2)8(5)9/h3-4,10H2,1-2H3. The van der Waals surface area contributed by atoms with Crippen molar-refractivity contribution in [3.8, 4) is 0 Å². The monoisotopic (exact) mass is 189 g/mol. The van der Waals surface area contributed by atoms with E-state index in [1.165, 1.54) is 15.3 Å². The molecule has 0 bridgehead atoms. The maximum absolute atomic E-state index is 6.00. The second-order valence-corrected chi connectivity index (χ2v) is 4.25. The summed E-state index contributed by atoms with van der Waals surface area (Å²) >= 11 is 7.76. The Hall–Kier alpha value is -0.0500. The van der Waals surface area contributed by atoms with E-state index in [1.54, 1.807) is 11.3 Å². The van der Waals surface area contributed by atoms with Gasteiger partial charge < -0.3 is 5.73 Å². The van der Waals surface area contributed by atoms with Crippen molar-refractivity contribution in [3.05, 3.63) is 20.3 Å². The van der Waals surface area contributed by atoms with Crippen molar-refractivity contribution >= 4 is 22.9 Å². The molecule has 2 N–H and O–H groups in total. The molecule has 1 nitrogen and oxygen atoms in total. The van der Waals surface area contributed by atoms with Crippen molar-refractivity contribution in [3.63, 3.8) is 0 Å². The van der Waals surface area contributed by atoms with Gasteiger partial charge >= 0.3 is 0 Å². The Labute approximate surface area is 76.2 Å². The highest BCUT2D eigenvalue weighted by Crippen LogP contribution is 2.31. The molecule has 0 amide bonds. The first kappa shape index (κ1) is 9.04. The van der Waals surface area contributed by atoms with Crippen molar-refractivity contribution in [1.29, 1.82) is 0 Å². The van der Waals surface area contributed by atoms with Crippen LogP contribution in [0.1, 0.15) is 15.3 Å².